The second-order valence-electron chi connectivity index (χ2n) is 6.62. The van der Waals surface area contributed by atoms with Crippen LogP contribution in [0.5, 0.6) is 0 Å². The van der Waals surface area contributed by atoms with Gasteiger partial charge < -0.3 is 4.90 Å². The fourth-order valence-electron chi connectivity index (χ4n) is 3.04. The zero-order valence-corrected chi connectivity index (χ0v) is 16.8. The highest BCUT2D eigenvalue weighted by molar-refractivity contribution is 7.09. The van der Waals surface area contributed by atoms with Crippen LogP contribution in [0.1, 0.15) is 4.88 Å². The average molecular weight is 419 g/mol. The SMILES string of the molecule is O=C(Cn1nc(-c2ccccc2)ccc1=O)N(Cc1cccs1)c1ccc(F)cc1. The highest BCUT2D eigenvalue weighted by Gasteiger charge is 2.19. The molecule has 0 N–H and O–H groups in total. The number of nitrogens with zero attached hydrogens (tertiary/aromatic N) is 3. The van der Waals surface area contributed by atoms with Crippen molar-refractivity contribution in [3.63, 3.8) is 0 Å². The summed E-state index contributed by atoms with van der Waals surface area (Å²) in [5.74, 6) is -0.689. The summed E-state index contributed by atoms with van der Waals surface area (Å²) in [5.41, 5.74) is 1.66. The predicted octanol–water partition coefficient (Wildman–Crippen LogP) is 4.34. The Morgan fingerprint density at radius 2 is 1.73 bits per heavy atom. The Morgan fingerprint density at radius 1 is 0.967 bits per heavy atom. The molecule has 0 unspecified atom stereocenters. The van der Waals surface area contributed by atoms with Crippen LogP contribution in [-0.4, -0.2) is 15.7 Å². The van der Waals surface area contributed by atoms with Crippen LogP contribution < -0.4 is 10.5 Å². The summed E-state index contributed by atoms with van der Waals surface area (Å²) >= 11 is 1.52. The third kappa shape index (κ3) is 4.52. The lowest BCUT2D eigenvalue weighted by Crippen LogP contribution is -2.37. The number of rotatable bonds is 6. The van der Waals surface area contributed by atoms with Gasteiger partial charge in [0, 0.05) is 22.2 Å². The molecule has 30 heavy (non-hydrogen) atoms. The molecule has 7 heteroatoms. The molecule has 5 nitrogen and oxygen atoms in total. The van der Waals surface area contributed by atoms with Crippen LogP contribution >= 0.6 is 11.3 Å². The molecule has 0 atom stereocenters. The lowest BCUT2D eigenvalue weighted by Gasteiger charge is -2.22. The van der Waals surface area contributed by atoms with E-state index in [1.54, 1.807) is 18.2 Å². The third-order valence-corrected chi connectivity index (χ3v) is 5.42. The number of amides is 1. The summed E-state index contributed by atoms with van der Waals surface area (Å²) in [5, 5.41) is 6.30. The quantitative estimate of drug-likeness (QED) is 0.467. The molecule has 1 amide bonds. The fraction of sp³-hybridized carbons (Fsp3) is 0.0870. The van der Waals surface area contributed by atoms with E-state index in [0.717, 1.165) is 15.1 Å². The number of carbonyl (C=O) groups is 1. The van der Waals surface area contributed by atoms with Crippen molar-refractivity contribution in [2.45, 2.75) is 13.1 Å². The first-order valence-electron chi connectivity index (χ1n) is 9.32. The Morgan fingerprint density at radius 3 is 2.43 bits per heavy atom. The van der Waals surface area contributed by atoms with E-state index in [1.165, 1.54) is 34.4 Å². The second kappa shape index (κ2) is 8.84. The minimum Gasteiger partial charge on any atom is -0.306 e. The average Bonchev–Trinajstić information content (AvgIpc) is 3.28. The molecule has 150 valence electrons. The highest BCUT2D eigenvalue weighted by atomic mass is 32.1. The maximum Gasteiger partial charge on any atom is 0.267 e. The Hall–Kier alpha value is -3.58. The standard InChI is InChI=1S/C23H18FN3O2S/c24-18-8-10-19(11-9-18)26(15-20-7-4-14-30-20)23(29)16-27-22(28)13-12-21(25-27)17-5-2-1-3-6-17/h1-14H,15-16H2. The summed E-state index contributed by atoms with van der Waals surface area (Å²) in [6.07, 6.45) is 0. The molecule has 0 saturated heterocycles. The summed E-state index contributed by atoms with van der Waals surface area (Å²) in [4.78, 5) is 28.0. The predicted molar refractivity (Wildman–Crippen MR) is 116 cm³/mol. The molecule has 0 aliphatic carbocycles. The van der Waals surface area contributed by atoms with Crippen LogP contribution in [0.3, 0.4) is 0 Å². The topological polar surface area (TPSA) is 55.2 Å². The number of carbonyl (C=O) groups excluding carboxylic acids is 1. The van der Waals surface area contributed by atoms with Gasteiger partial charge >= 0.3 is 0 Å². The molecule has 2 aromatic heterocycles. The zero-order chi connectivity index (χ0) is 20.9. The molecule has 4 rings (SSSR count). The van der Waals surface area contributed by atoms with Gasteiger partial charge in [0.15, 0.2) is 0 Å². The highest BCUT2D eigenvalue weighted by Crippen LogP contribution is 2.21. The first-order chi connectivity index (χ1) is 14.6. The minimum absolute atomic E-state index is 0.220. The number of halogens is 1. The number of aromatic nitrogens is 2. The Kier molecular flexibility index (Phi) is 5.81. The van der Waals surface area contributed by atoms with Gasteiger partial charge in [0.2, 0.25) is 5.91 Å². The molecule has 0 aliphatic heterocycles. The lowest BCUT2D eigenvalue weighted by atomic mass is 10.1. The van der Waals surface area contributed by atoms with Gasteiger partial charge in [-0.05, 0) is 41.8 Å². The summed E-state index contributed by atoms with van der Waals surface area (Å²) in [6, 6.07) is 22.0. The summed E-state index contributed by atoms with van der Waals surface area (Å²) in [6.45, 7) is 0.109. The van der Waals surface area contributed by atoms with Crippen molar-refractivity contribution in [1.29, 1.82) is 0 Å². The van der Waals surface area contributed by atoms with Crippen LogP contribution in [0, 0.1) is 5.82 Å². The number of benzene rings is 2. The molecular weight excluding hydrogens is 401 g/mol. The third-order valence-electron chi connectivity index (χ3n) is 4.55. The molecule has 0 spiro atoms. The lowest BCUT2D eigenvalue weighted by molar-refractivity contribution is -0.119. The van der Waals surface area contributed by atoms with E-state index in [9.17, 15) is 14.0 Å². The Balaban J connectivity index is 1.64. The van der Waals surface area contributed by atoms with E-state index < -0.39 is 0 Å². The van der Waals surface area contributed by atoms with Crippen LogP contribution in [0.2, 0.25) is 0 Å². The van der Waals surface area contributed by atoms with E-state index in [4.69, 9.17) is 0 Å². The van der Waals surface area contributed by atoms with Crippen molar-refractivity contribution in [2.75, 3.05) is 4.90 Å². The molecule has 2 aromatic carbocycles. The van der Waals surface area contributed by atoms with Gasteiger partial charge in [0.05, 0.1) is 12.2 Å². The van der Waals surface area contributed by atoms with Crippen molar-refractivity contribution < 1.29 is 9.18 Å². The molecule has 0 bridgehead atoms. The fourth-order valence-corrected chi connectivity index (χ4v) is 3.73. The Labute approximate surface area is 176 Å². The number of anilines is 1. The van der Waals surface area contributed by atoms with Crippen LogP contribution in [-0.2, 0) is 17.9 Å². The van der Waals surface area contributed by atoms with Gasteiger partial charge in [0.25, 0.3) is 5.56 Å². The molecule has 0 fully saturated rings. The molecule has 0 saturated carbocycles. The van der Waals surface area contributed by atoms with E-state index in [-0.39, 0.29) is 23.8 Å². The minimum atomic E-state index is -0.379. The molecule has 2 heterocycles. The van der Waals surface area contributed by atoms with E-state index >= 15 is 0 Å². The first-order valence-corrected chi connectivity index (χ1v) is 10.2. The Bertz CT molecular complexity index is 1190. The molecule has 4 aromatic rings. The summed E-state index contributed by atoms with van der Waals surface area (Å²) in [7, 11) is 0. The van der Waals surface area contributed by atoms with Crippen molar-refractivity contribution in [3.8, 4) is 11.3 Å². The van der Waals surface area contributed by atoms with Crippen LogP contribution in [0.4, 0.5) is 10.1 Å². The van der Waals surface area contributed by atoms with Gasteiger partial charge in [0.1, 0.15) is 12.4 Å². The van der Waals surface area contributed by atoms with E-state index in [2.05, 4.69) is 5.10 Å². The number of hydrogen-bond donors (Lipinski definition) is 0. The maximum atomic E-state index is 13.4. The van der Waals surface area contributed by atoms with Gasteiger partial charge in [-0.15, -0.1) is 11.3 Å². The van der Waals surface area contributed by atoms with Crippen LogP contribution in [0.25, 0.3) is 11.3 Å². The van der Waals surface area contributed by atoms with Crippen molar-refractivity contribution in [3.05, 3.63) is 105 Å². The second-order valence-corrected chi connectivity index (χ2v) is 7.65. The number of hydrogen-bond acceptors (Lipinski definition) is 4. The maximum absolute atomic E-state index is 13.4. The molecule has 0 aliphatic rings. The van der Waals surface area contributed by atoms with Gasteiger partial charge in [-0.3, -0.25) is 9.59 Å². The van der Waals surface area contributed by atoms with Gasteiger partial charge in [-0.25, -0.2) is 9.07 Å². The first kappa shape index (κ1) is 19.7. The van der Waals surface area contributed by atoms with E-state index in [0.29, 0.717) is 17.9 Å². The molecular formula is C23H18FN3O2S. The van der Waals surface area contributed by atoms with Crippen LogP contribution in [0.15, 0.2) is 89.0 Å². The normalized spacial score (nSPS) is 10.7. The smallest absolute Gasteiger partial charge is 0.267 e. The largest absolute Gasteiger partial charge is 0.306 e. The van der Waals surface area contributed by atoms with Crippen molar-refractivity contribution >= 4 is 22.9 Å². The monoisotopic (exact) mass is 419 g/mol. The summed E-state index contributed by atoms with van der Waals surface area (Å²) < 4.78 is 14.5. The zero-order valence-electron chi connectivity index (χ0n) is 15.9. The van der Waals surface area contributed by atoms with Crippen molar-refractivity contribution in [2.24, 2.45) is 0 Å². The van der Waals surface area contributed by atoms with Gasteiger partial charge in [-0.2, -0.15) is 5.10 Å². The van der Waals surface area contributed by atoms with E-state index in [1.807, 2.05) is 47.8 Å². The number of thiophene rings is 1. The molecule has 0 radical (unpaired) electrons. The van der Waals surface area contributed by atoms with Crippen molar-refractivity contribution in [1.82, 2.24) is 9.78 Å². The van der Waals surface area contributed by atoms with Gasteiger partial charge in [-0.1, -0.05) is 36.4 Å².